The monoisotopic (exact) mass is 225 g/mol. The van der Waals surface area contributed by atoms with E-state index in [0.717, 1.165) is 32.2 Å². The average Bonchev–Trinajstić information content (AvgIpc) is 2.89. The van der Waals surface area contributed by atoms with Crippen LogP contribution in [0.5, 0.6) is 0 Å². The molecule has 1 saturated carbocycles. The Bertz CT molecular complexity index is 283. The van der Waals surface area contributed by atoms with Crippen molar-refractivity contribution in [2.45, 2.75) is 50.7 Å². The largest absolute Gasteiger partial charge is 0.352 e. The fourth-order valence-electron chi connectivity index (χ4n) is 1.84. The van der Waals surface area contributed by atoms with Crippen molar-refractivity contribution in [3.8, 4) is 0 Å². The maximum absolute atomic E-state index is 11.7. The van der Waals surface area contributed by atoms with E-state index in [9.17, 15) is 9.59 Å². The van der Waals surface area contributed by atoms with Gasteiger partial charge in [0.05, 0.1) is 6.04 Å². The van der Waals surface area contributed by atoms with Gasteiger partial charge < -0.3 is 16.0 Å². The molecule has 16 heavy (non-hydrogen) atoms. The van der Waals surface area contributed by atoms with E-state index >= 15 is 0 Å². The summed E-state index contributed by atoms with van der Waals surface area (Å²) in [6, 6.07) is -0.205. The zero-order chi connectivity index (χ0) is 11.5. The summed E-state index contributed by atoms with van der Waals surface area (Å²) in [5.41, 5.74) is 0. The van der Waals surface area contributed by atoms with Crippen LogP contribution in [-0.2, 0) is 9.59 Å². The molecule has 5 nitrogen and oxygen atoms in total. The fraction of sp³-hybridized carbons (Fsp3) is 0.818. The van der Waals surface area contributed by atoms with E-state index in [1.165, 1.54) is 0 Å². The number of rotatable bonds is 4. The molecule has 0 aromatic rings. The van der Waals surface area contributed by atoms with Crippen molar-refractivity contribution in [2.75, 3.05) is 6.54 Å². The second kappa shape index (κ2) is 4.82. The van der Waals surface area contributed by atoms with E-state index in [1.807, 2.05) is 0 Å². The van der Waals surface area contributed by atoms with Crippen molar-refractivity contribution in [1.82, 2.24) is 16.0 Å². The second-order valence-electron chi connectivity index (χ2n) is 4.66. The number of carbonyl (C=O) groups is 2. The van der Waals surface area contributed by atoms with Crippen molar-refractivity contribution in [3.63, 3.8) is 0 Å². The van der Waals surface area contributed by atoms with Gasteiger partial charge in [-0.3, -0.25) is 9.59 Å². The Kier molecular flexibility index (Phi) is 3.43. The molecule has 1 heterocycles. The molecule has 1 aliphatic heterocycles. The minimum Gasteiger partial charge on any atom is -0.352 e. The Morgan fingerprint density at radius 1 is 1.31 bits per heavy atom. The molecule has 1 aliphatic carbocycles. The van der Waals surface area contributed by atoms with E-state index < -0.39 is 6.04 Å². The van der Waals surface area contributed by atoms with Gasteiger partial charge in [0.25, 0.3) is 0 Å². The summed E-state index contributed by atoms with van der Waals surface area (Å²) in [6.07, 6.45) is 4.02. The van der Waals surface area contributed by atoms with Crippen LogP contribution in [0.1, 0.15) is 32.6 Å². The number of hydrogen-bond donors (Lipinski definition) is 3. The van der Waals surface area contributed by atoms with E-state index in [1.54, 1.807) is 6.92 Å². The molecule has 1 saturated heterocycles. The highest BCUT2D eigenvalue weighted by Gasteiger charge is 2.28. The van der Waals surface area contributed by atoms with Crippen molar-refractivity contribution in [2.24, 2.45) is 0 Å². The van der Waals surface area contributed by atoms with Crippen molar-refractivity contribution in [1.29, 1.82) is 0 Å². The highest BCUT2D eigenvalue weighted by atomic mass is 16.2. The molecule has 0 radical (unpaired) electrons. The van der Waals surface area contributed by atoms with Crippen LogP contribution in [0.2, 0.25) is 0 Å². The summed E-state index contributed by atoms with van der Waals surface area (Å²) in [7, 11) is 0. The molecule has 0 aromatic heterocycles. The first-order valence-corrected chi connectivity index (χ1v) is 6.01. The van der Waals surface area contributed by atoms with Crippen LogP contribution < -0.4 is 16.0 Å². The second-order valence-corrected chi connectivity index (χ2v) is 4.66. The van der Waals surface area contributed by atoms with E-state index in [-0.39, 0.29) is 17.9 Å². The molecular weight excluding hydrogens is 206 g/mol. The third-order valence-corrected chi connectivity index (χ3v) is 3.05. The molecule has 5 heteroatoms. The molecule has 0 spiro atoms. The Labute approximate surface area is 95.3 Å². The Morgan fingerprint density at radius 2 is 2.06 bits per heavy atom. The van der Waals surface area contributed by atoms with Gasteiger partial charge in [-0.2, -0.15) is 0 Å². The van der Waals surface area contributed by atoms with E-state index in [0.29, 0.717) is 6.04 Å². The van der Waals surface area contributed by atoms with Crippen molar-refractivity contribution in [3.05, 3.63) is 0 Å². The van der Waals surface area contributed by atoms with Gasteiger partial charge in [-0.05, 0) is 39.2 Å². The highest BCUT2D eigenvalue weighted by Crippen LogP contribution is 2.18. The SMILES string of the molecule is CC(NC(=O)[C@H]1CCCN1)C(=O)NC1CC1. The standard InChI is InChI=1S/C11H19N3O2/c1-7(10(15)14-8-4-5-8)13-11(16)9-3-2-6-12-9/h7-9,12H,2-6H2,1H3,(H,13,16)(H,14,15)/t7?,9-/m1/s1. The first-order chi connectivity index (χ1) is 7.66. The van der Waals surface area contributed by atoms with Crippen LogP contribution in [0, 0.1) is 0 Å². The van der Waals surface area contributed by atoms with Crippen LogP contribution in [0.15, 0.2) is 0 Å². The molecule has 2 atom stereocenters. The van der Waals surface area contributed by atoms with Crippen LogP contribution in [0.25, 0.3) is 0 Å². The minimum absolute atomic E-state index is 0.0593. The molecule has 0 aromatic carbocycles. The zero-order valence-electron chi connectivity index (χ0n) is 9.58. The summed E-state index contributed by atoms with van der Waals surface area (Å²) in [4.78, 5) is 23.3. The van der Waals surface area contributed by atoms with E-state index in [4.69, 9.17) is 0 Å². The molecule has 2 fully saturated rings. The Hall–Kier alpha value is -1.10. The maximum atomic E-state index is 11.7. The van der Waals surface area contributed by atoms with Crippen molar-refractivity contribution < 1.29 is 9.59 Å². The lowest BCUT2D eigenvalue weighted by molar-refractivity contribution is -0.129. The number of carbonyl (C=O) groups excluding carboxylic acids is 2. The highest BCUT2D eigenvalue weighted by molar-refractivity contribution is 5.89. The molecule has 2 rings (SSSR count). The van der Waals surface area contributed by atoms with Gasteiger partial charge in [0.15, 0.2) is 0 Å². The maximum Gasteiger partial charge on any atom is 0.242 e. The van der Waals surface area contributed by atoms with Gasteiger partial charge in [-0.1, -0.05) is 0 Å². The fourth-order valence-corrected chi connectivity index (χ4v) is 1.84. The van der Waals surface area contributed by atoms with Gasteiger partial charge in [-0.15, -0.1) is 0 Å². The van der Waals surface area contributed by atoms with Gasteiger partial charge >= 0.3 is 0 Å². The summed E-state index contributed by atoms with van der Waals surface area (Å²) >= 11 is 0. The normalized spacial score (nSPS) is 26.2. The van der Waals surface area contributed by atoms with Crippen molar-refractivity contribution >= 4 is 11.8 Å². The number of amides is 2. The van der Waals surface area contributed by atoms with E-state index in [2.05, 4.69) is 16.0 Å². The summed E-state index contributed by atoms with van der Waals surface area (Å²) in [5.74, 6) is -0.134. The zero-order valence-corrected chi connectivity index (χ0v) is 9.58. The number of hydrogen-bond acceptors (Lipinski definition) is 3. The lowest BCUT2D eigenvalue weighted by Gasteiger charge is -2.16. The predicted octanol–water partition coefficient (Wildman–Crippen LogP) is -0.478. The molecule has 1 unspecified atom stereocenters. The van der Waals surface area contributed by atoms with Crippen LogP contribution in [0.4, 0.5) is 0 Å². The number of nitrogens with one attached hydrogen (secondary N) is 3. The topological polar surface area (TPSA) is 70.2 Å². The van der Waals surface area contributed by atoms with Crippen LogP contribution in [0.3, 0.4) is 0 Å². The third kappa shape index (κ3) is 2.95. The lowest BCUT2D eigenvalue weighted by Crippen LogP contribution is -2.50. The average molecular weight is 225 g/mol. The quantitative estimate of drug-likeness (QED) is 0.605. The van der Waals surface area contributed by atoms with Gasteiger partial charge in [-0.25, -0.2) is 0 Å². The van der Waals surface area contributed by atoms with Gasteiger partial charge in [0.2, 0.25) is 11.8 Å². The molecule has 2 amide bonds. The van der Waals surface area contributed by atoms with Gasteiger partial charge in [0, 0.05) is 6.04 Å². The molecule has 0 bridgehead atoms. The first kappa shape index (κ1) is 11.4. The summed E-state index contributed by atoms with van der Waals surface area (Å²) in [5, 5.41) is 8.73. The van der Waals surface area contributed by atoms with Crippen LogP contribution >= 0.6 is 0 Å². The minimum atomic E-state index is -0.435. The lowest BCUT2D eigenvalue weighted by atomic mass is 10.2. The third-order valence-electron chi connectivity index (χ3n) is 3.05. The van der Waals surface area contributed by atoms with Gasteiger partial charge in [0.1, 0.15) is 6.04 Å². The molecule has 3 N–H and O–H groups in total. The first-order valence-electron chi connectivity index (χ1n) is 6.01. The molecule has 90 valence electrons. The molecular formula is C11H19N3O2. The summed E-state index contributed by atoms with van der Waals surface area (Å²) < 4.78 is 0. The smallest absolute Gasteiger partial charge is 0.242 e. The van der Waals surface area contributed by atoms with Crippen LogP contribution in [-0.4, -0.2) is 36.5 Å². The molecule has 2 aliphatic rings. The summed E-state index contributed by atoms with van der Waals surface area (Å²) in [6.45, 7) is 2.62. The Balaban J connectivity index is 1.73. The Morgan fingerprint density at radius 3 is 2.62 bits per heavy atom. The predicted molar refractivity (Wildman–Crippen MR) is 59.8 cm³/mol.